The molecular formula is C9H11FN4O. The number of nitrogens with one attached hydrogen (secondary N) is 1. The van der Waals surface area contributed by atoms with Crippen molar-refractivity contribution in [1.82, 2.24) is 4.98 Å². The molecule has 1 N–H and O–H groups in total. The van der Waals surface area contributed by atoms with E-state index in [0.717, 1.165) is 6.20 Å². The number of azo groups is 1. The van der Waals surface area contributed by atoms with Crippen molar-refractivity contribution >= 4 is 11.6 Å². The number of halogens is 1. The maximum Gasteiger partial charge on any atom is 0.250 e. The molecule has 0 spiro atoms. The van der Waals surface area contributed by atoms with Crippen molar-refractivity contribution in [3.63, 3.8) is 0 Å². The van der Waals surface area contributed by atoms with Crippen LogP contribution in [0.15, 0.2) is 28.7 Å². The Balaban J connectivity index is 2.66. The topological polar surface area (TPSA) is 66.7 Å². The summed E-state index contributed by atoms with van der Waals surface area (Å²) in [7, 11) is 1.48. The second kappa shape index (κ2) is 5.14. The fourth-order valence-corrected chi connectivity index (χ4v) is 0.953. The van der Waals surface area contributed by atoms with Crippen LogP contribution in [0, 0.1) is 5.82 Å². The molecule has 1 heterocycles. The van der Waals surface area contributed by atoms with Gasteiger partial charge in [-0.1, -0.05) is 0 Å². The van der Waals surface area contributed by atoms with Crippen molar-refractivity contribution in [2.45, 2.75) is 13.0 Å². The monoisotopic (exact) mass is 210 g/mol. The summed E-state index contributed by atoms with van der Waals surface area (Å²) in [4.78, 5) is 15.0. The smallest absolute Gasteiger partial charge is 0.250 e. The van der Waals surface area contributed by atoms with E-state index in [-0.39, 0.29) is 5.91 Å². The van der Waals surface area contributed by atoms with Crippen molar-refractivity contribution in [2.24, 2.45) is 10.2 Å². The highest BCUT2D eigenvalue weighted by Crippen LogP contribution is 2.07. The molecule has 1 amide bonds. The lowest BCUT2D eigenvalue weighted by molar-refractivity contribution is -0.117. The molecule has 1 aromatic heterocycles. The lowest BCUT2D eigenvalue weighted by Gasteiger charge is -2.06. The molecule has 1 rings (SSSR count). The van der Waals surface area contributed by atoms with Crippen LogP contribution in [0.25, 0.3) is 0 Å². The Bertz CT molecular complexity index is 380. The van der Waals surface area contributed by atoms with E-state index < -0.39 is 11.9 Å². The van der Waals surface area contributed by atoms with E-state index in [1.807, 2.05) is 0 Å². The molecule has 0 fully saturated rings. The zero-order chi connectivity index (χ0) is 11.3. The maximum absolute atomic E-state index is 12.7. The molecule has 0 bridgehead atoms. The molecule has 1 atom stereocenters. The summed E-state index contributed by atoms with van der Waals surface area (Å²) in [5.41, 5.74) is 0.304. The van der Waals surface area contributed by atoms with E-state index in [9.17, 15) is 9.18 Å². The van der Waals surface area contributed by atoms with E-state index in [2.05, 4.69) is 20.5 Å². The molecular weight excluding hydrogens is 199 g/mol. The van der Waals surface area contributed by atoms with E-state index in [4.69, 9.17) is 0 Å². The number of rotatable bonds is 3. The number of anilines is 1. The number of nitrogens with zero attached hydrogens (tertiary/aromatic N) is 3. The SMILES string of the molecule is CN=NC(C)C(=O)Nc1cncc(F)c1. The van der Waals surface area contributed by atoms with Gasteiger partial charge in [-0.05, 0) is 6.92 Å². The van der Waals surface area contributed by atoms with E-state index in [1.165, 1.54) is 19.3 Å². The van der Waals surface area contributed by atoms with Crippen LogP contribution < -0.4 is 5.32 Å². The molecule has 0 radical (unpaired) electrons. The van der Waals surface area contributed by atoms with E-state index >= 15 is 0 Å². The minimum Gasteiger partial charge on any atom is -0.323 e. The normalized spacial score (nSPS) is 12.7. The molecule has 1 aromatic rings. The average Bonchev–Trinajstić information content (AvgIpc) is 2.18. The summed E-state index contributed by atoms with van der Waals surface area (Å²) < 4.78 is 12.7. The number of aromatic nitrogens is 1. The molecule has 0 aliphatic rings. The Morgan fingerprint density at radius 1 is 1.60 bits per heavy atom. The van der Waals surface area contributed by atoms with Gasteiger partial charge in [0.15, 0.2) is 0 Å². The third-order valence-corrected chi connectivity index (χ3v) is 1.64. The standard InChI is InChI=1S/C9H11FN4O/c1-6(14-11-2)9(15)13-8-3-7(10)4-12-5-8/h3-6H,1-2H3,(H,13,15). The molecule has 5 nitrogen and oxygen atoms in total. The van der Waals surface area contributed by atoms with Crippen LogP contribution in [0.4, 0.5) is 10.1 Å². The second-order valence-electron chi connectivity index (χ2n) is 2.87. The molecule has 0 saturated carbocycles. The highest BCUT2D eigenvalue weighted by Gasteiger charge is 2.11. The molecule has 80 valence electrons. The van der Waals surface area contributed by atoms with Gasteiger partial charge in [-0.25, -0.2) is 4.39 Å². The van der Waals surface area contributed by atoms with Crippen LogP contribution in [-0.4, -0.2) is 24.0 Å². The van der Waals surface area contributed by atoms with Crippen LogP contribution in [0.1, 0.15) is 6.92 Å². The molecule has 0 aromatic carbocycles. The molecule has 6 heteroatoms. The number of pyridine rings is 1. The maximum atomic E-state index is 12.7. The van der Waals surface area contributed by atoms with Crippen LogP contribution >= 0.6 is 0 Å². The minimum atomic E-state index is -0.599. The van der Waals surface area contributed by atoms with Gasteiger partial charge < -0.3 is 5.32 Å². The quantitative estimate of drug-likeness (QED) is 0.770. The predicted molar refractivity (Wildman–Crippen MR) is 53.1 cm³/mol. The summed E-state index contributed by atoms with van der Waals surface area (Å²) in [5, 5.41) is 9.60. The van der Waals surface area contributed by atoms with Crippen molar-refractivity contribution in [2.75, 3.05) is 12.4 Å². The molecule has 1 unspecified atom stereocenters. The number of hydrogen-bond donors (Lipinski definition) is 1. The summed E-state index contributed by atoms with van der Waals surface area (Å²) in [6, 6.07) is 0.582. The first-order valence-corrected chi connectivity index (χ1v) is 4.34. The van der Waals surface area contributed by atoms with Crippen LogP contribution in [0.2, 0.25) is 0 Å². The average molecular weight is 210 g/mol. The van der Waals surface area contributed by atoms with E-state index in [1.54, 1.807) is 6.92 Å². The summed E-state index contributed by atoms with van der Waals surface area (Å²) in [6.45, 7) is 1.59. The lowest BCUT2D eigenvalue weighted by atomic mass is 10.3. The first-order chi connectivity index (χ1) is 7.13. The number of hydrogen-bond acceptors (Lipinski definition) is 4. The third-order valence-electron chi connectivity index (χ3n) is 1.64. The Kier molecular flexibility index (Phi) is 3.84. The minimum absolute atomic E-state index is 0.304. The zero-order valence-electron chi connectivity index (χ0n) is 8.44. The number of carbonyl (C=O) groups excluding carboxylic acids is 1. The van der Waals surface area contributed by atoms with Gasteiger partial charge in [0.05, 0.1) is 18.1 Å². The fourth-order valence-electron chi connectivity index (χ4n) is 0.953. The second-order valence-corrected chi connectivity index (χ2v) is 2.87. The molecule has 15 heavy (non-hydrogen) atoms. The molecule has 0 aliphatic heterocycles. The third kappa shape index (κ3) is 3.41. The Hall–Kier alpha value is -1.85. The number of amides is 1. The van der Waals surface area contributed by atoms with Crippen LogP contribution in [0.3, 0.4) is 0 Å². The fraction of sp³-hybridized carbons (Fsp3) is 0.333. The van der Waals surface area contributed by atoms with Crippen LogP contribution in [-0.2, 0) is 4.79 Å². The summed E-state index contributed by atoms with van der Waals surface area (Å²) >= 11 is 0. The van der Waals surface area contributed by atoms with Gasteiger partial charge in [-0.2, -0.15) is 10.2 Å². The van der Waals surface area contributed by atoms with Gasteiger partial charge in [0, 0.05) is 13.1 Å². The van der Waals surface area contributed by atoms with Gasteiger partial charge in [0.2, 0.25) is 0 Å². The Morgan fingerprint density at radius 2 is 2.33 bits per heavy atom. The van der Waals surface area contributed by atoms with Crippen molar-refractivity contribution < 1.29 is 9.18 Å². The van der Waals surface area contributed by atoms with Crippen molar-refractivity contribution in [3.05, 3.63) is 24.3 Å². The van der Waals surface area contributed by atoms with Gasteiger partial charge in [-0.15, -0.1) is 0 Å². The Morgan fingerprint density at radius 3 is 2.93 bits per heavy atom. The van der Waals surface area contributed by atoms with Gasteiger partial charge in [-0.3, -0.25) is 9.78 Å². The summed E-state index contributed by atoms with van der Waals surface area (Å²) in [6.07, 6.45) is 2.42. The molecule has 0 saturated heterocycles. The van der Waals surface area contributed by atoms with Crippen molar-refractivity contribution in [1.29, 1.82) is 0 Å². The number of carbonyl (C=O) groups is 1. The van der Waals surface area contributed by atoms with Gasteiger partial charge in [0.25, 0.3) is 5.91 Å². The molecule has 0 aliphatic carbocycles. The Labute approximate surface area is 86.4 Å². The van der Waals surface area contributed by atoms with Crippen molar-refractivity contribution in [3.8, 4) is 0 Å². The van der Waals surface area contributed by atoms with E-state index in [0.29, 0.717) is 5.69 Å². The lowest BCUT2D eigenvalue weighted by Crippen LogP contribution is -2.23. The highest BCUT2D eigenvalue weighted by molar-refractivity contribution is 5.94. The summed E-state index contributed by atoms with van der Waals surface area (Å²) in [5.74, 6) is -0.856. The highest BCUT2D eigenvalue weighted by atomic mass is 19.1. The van der Waals surface area contributed by atoms with Gasteiger partial charge in [0.1, 0.15) is 11.9 Å². The predicted octanol–water partition coefficient (Wildman–Crippen LogP) is 1.63. The van der Waals surface area contributed by atoms with Crippen LogP contribution in [0.5, 0.6) is 0 Å². The van der Waals surface area contributed by atoms with Gasteiger partial charge >= 0.3 is 0 Å². The first kappa shape index (κ1) is 11.2. The first-order valence-electron chi connectivity index (χ1n) is 4.34. The largest absolute Gasteiger partial charge is 0.323 e. The zero-order valence-corrected chi connectivity index (χ0v) is 8.44.